The number of nitrogens with zero attached hydrogens (tertiary/aromatic N) is 4. The Morgan fingerprint density at radius 1 is 1.14 bits per heavy atom. The highest BCUT2D eigenvalue weighted by Crippen LogP contribution is 2.28. The van der Waals surface area contributed by atoms with E-state index in [1.165, 1.54) is 28.7 Å². The summed E-state index contributed by atoms with van der Waals surface area (Å²) in [6.45, 7) is 8.38. The SMILES string of the molecule is CC(C)c1ccc(Nc2nnc(SCC(=O)Nc3ccnn3C(C)C)s2)cc1. The molecule has 0 aliphatic carbocycles. The summed E-state index contributed by atoms with van der Waals surface area (Å²) >= 11 is 2.79. The first kappa shape index (κ1) is 20.3. The number of carbonyl (C=O) groups excluding carboxylic acids is 1. The maximum absolute atomic E-state index is 12.2. The van der Waals surface area contributed by atoms with Crippen molar-refractivity contribution in [1.29, 1.82) is 0 Å². The van der Waals surface area contributed by atoms with E-state index < -0.39 is 0 Å². The zero-order chi connectivity index (χ0) is 20.1. The molecule has 0 saturated carbocycles. The van der Waals surface area contributed by atoms with Crippen LogP contribution in [0.15, 0.2) is 40.9 Å². The molecular formula is C19H24N6OS2. The van der Waals surface area contributed by atoms with Crippen LogP contribution in [0.3, 0.4) is 0 Å². The topological polar surface area (TPSA) is 84.7 Å². The van der Waals surface area contributed by atoms with Crippen LogP contribution in [0, 0.1) is 0 Å². The van der Waals surface area contributed by atoms with E-state index in [9.17, 15) is 4.79 Å². The third-order valence-electron chi connectivity index (χ3n) is 3.99. The van der Waals surface area contributed by atoms with Crippen molar-refractivity contribution < 1.29 is 4.79 Å². The van der Waals surface area contributed by atoms with Gasteiger partial charge in [0.1, 0.15) is 5.82 Å². The fraction of sp³-hybridized carbons (Fsp3) is 0.368. The second kappa shape index (κ2) is 9.20. The van der Waals surface area contributed by atoms with Gasteiger partial charge >= 0.3 is 0 Å². The van der Waals surface area contributed by atoms with E-state index in [2.05, 4.69) is 51.9 Å². The Morgan fingerprint density at radius 2 is 1.89 bits per heavy atom. The maximum atomic E-state index is 12.2. The Balaban J connectivity index is 1.51. The fourth-order valence-electron chi connectivity index (χ4n) is 2.52. The Kier molecular flexibility index (Phi) is 6.69. The van der Waals surface area contributed by atoms with Gasteiger partial charge < -0.3 is 10.6 Å². The average molecular weight is 417 g/mol. The number of hydrogen-bond acceptors (Lipinski definition) is 7. The van der Waals surface area contributed by atoms with E-state index in [4.69, 9.17) is 0 Å². The van der Waals surface area contributed by atoms with Gasteiger partial charge in [-0.2, -0.15) is 5.10 Å². The van der Waals surface area contributed by atoms with Crippen molar-refractivity contribution in [1.82, 2.24) is 20.0 Å². The van der Waals surface area contributed by atoms with Crippen molar-refractivity contribution >= 4 is 45.6 Å². The predicted molar refractivity (Wildman–Crippen MR) is 116 cm³/mol. The maximum Gasteiger partial charge on any atom is 0.235 e. The van der Waals surface area contributed by atoms with Crippen molar-refractivity contribution in [2.75, 3.05) is 16.4 Å². The van der Waals surface area contributed by atoms with Gasteiger partial charge in [0, 0.05) is 17.8 Å². The minimum Gasteiger partial charge on any atom is -0.330 e. The van der Waals surface area contributed by atoms with Crippen molar-refractivity contribution in [2.45, 2.75) is 44.0 Å². The van der Waals surface area contributed by atoms with Crippen LogP contribution >= 0.6 is 23.1 Å². The molecule has 0 aliphatic rings. The number of anilines is 3. The van der Waals surface area contributed by atoms with Gasteiger partial charge in [0.05, 0.1) is 11.9 Å². The molecule has 1 aromatic carbocycles. The number of carbonyl (C=O) groups is 1. The summed E-state index contributed by atoms with van der Waals surface area (Å²) in [7, 11) is 0. The van der Waals surface area contributed by atoms with E-state index in [-0.39, 0.29) is 17.7 Å². The lowest BCUT2D eigenvalue weighted by atomic mass is 10.0. The Labute approximate surface area is 173 Å². The molecule has 0 unspecified atom stereocenters. The number of amides is 1. The van der Waals surface area contributed by atoms with Gasteiger partial charge in [-0.25, -0.2) is 4.68 Å². The van der Waals surface area contributed by atoms with Crippen LogP contribution < -0.4 is 10.6 Å². The van der Waals surface area contributed by atoms with Crippen LogP contribution in [0.5, 0.6) is 0 Å². The van der Waals surface area contributed by atoms with Crippen molar-refractivity contribution in [3.63, 3.8) is 0 Å². The number of rotatable bonds is 8. The average Bonchev–Trinajstić information content (AvgIpc) is 3.30. The third-order valence-corrected chi connectivity index (χ3v) is 5.96. The summed E-state index contributed by atoms with van der Waals surface area (Å²) in [5, 5.41) is 19.4. The predicted octanol–water partition coefficient (Wildman–Crippen LogP) is 4.91. The van der Waals surface area contributed by atoms with Gasteiger partial charge in [-0.1, -0.05) is 49.1 Å². The minimum atomic E-state index is -0.0959. The largest absolute Gasteiger partial charge is 0.330 e. The normalized spacial score (nSPS) is 11.2. The first-order chi connectivity index (χ1) is 13.4. The highest BCUT2D eigenvalue weighted by molar-refractivity contribution is 8.01. The molecule has 2 N–H and O–H groups in total. The Hall–Kier alpha value is -2.39. The highest BCUT2D eigenvalue weighted by atomic mass is 32.2. The van der Waals surface area contributed by atoms with Crippen molar-refractivity contribution in [3.05, 3.63) is 42.1 Å². The molecule has 148 valence electrons. The summed E-state index contributed by atoms with van der Waals surface area (Å²) in [6, 6.07) is 10.3. The van der Waals surface area contributed by atoms with Crippen LogP contribution in [0.2, 0.25) is 0 Å². The van der Waals surface area contributed by atoms with Crippen LogP contribution in [0.1, 0.15) is 45.2 Å². The molecule has 0 fully saturated rings. The van der Waals surface area contributed by atoms with E-state index in [0.717, 1.165) is 10.0 Å². The number of aromatic nitrogens is 4. The zero-order valence-electron chi connectivity index (χ0n) is 16.3. The van der Waals surface area contributed by atoms with E-state index in [1.807, 2.05) is 26.0 Å². The van der Waals surface area contributed by atoms with Gasteiger partial charge in [-0.3, -0.25) is 4.79 Å². The Morgan fingerprint density at radius 3 is 2.57 bits per heavy atom. The zero-order valence-corrected chi connectivity index (χ0v) is 18.0. The number of benzene rings is 1. The summed E-state index contributed by atoms with van der Waals surface area (Å²) in [6.07, 6.45) is 1.68. The molecule has 0 bridgehead atoms. The fourth-order valence-corrected chi connectivity index (χ4v) is 4.10. The molecule has 0 saturated heterocycles. The molecule has 1 amide bonds. The number of hydrogen-bond donors (Lipinski definition) is 2. The molecule has 2 aromatic heterocycles. The van der Waals surface area contributed by atoms with Gasteiger partial charge in [0.15, 0.2) is 4.34 Å². The van der Waals surface area contributed by atoms with Gasteiger partial charge in [-0.15, -0.1) is 10.2 Å². The molecule has 0 spiro atoms. The standard InChI is InChI=1S/C19H24N6OS2/c1-12(2)14-5-7-15(8-6-14)21-18-23-24-19(28-18)27-11-17(26)22-16-9-10-20-25(16)13(3)4/h5-10,12-13H,11H2,1-4H3,(H,21,23)(H,22,26). The van der Waals surface area contributed by atoms with Gasteiger partial charge in [0.25, 0.3) is 0 Å². The Bertz CT molecular complexity index is 917. The monoisotopic (exact) mass is 416 g/mol. The smallest absolute Gasteiger partial charge is 0.235 e. The summed E-state index contributed by atoms with van der Waals surface area (Å²) in [4.78, 5) is 12.2. The van der Waals surface area contributed by atoms with Crippen LogP contribution in [-0.4, -0.2) is 31.6 Å². The molecule has 7 nitrogen and oxygen atoms in total. The molecule has 3 rings (SSSR count). The lowest BCUT2D eigenvalue weighted by Crippen LogP contribution is -2.18. The van der Waals surface area contributed by atoms with E-state index in [1.54, 1.807) is 16.9 Å². The molecule has 0 radical (unpaired) electrons. The van der Waals surface area contributed by atoms with Crippen LogP contribution in [0.4, 0.5) is 16.6 Å². The molecule has 2 heterocycles. The van der Waals surface area contributed by atoms with Crippen molar-refractivity contribution in [2.24, 2.45) is 0 Å². The lowest BCUT2D eigenvalue weighted by Gasteiger charge is -2.11. The van der Waals surface area contributed by atoms with E-state index in [0.29, 0.717) is 16.9 Å². The highest BCUT2D eigenvalue weighted by Gasteiger charge is 2.12. The number of nitrogens with one attached hydrogen (secondary N) is 2. The molecule has 0 atom stereocenters. The molecule has 28 heavy (non-hydrogen) atoms. The van der Waals surface area contributed by atoms with E-state index >= 15 is 0 Å². The molecule has 3 aromatic rings. The summed E-state index contributed by atoms with van der Waals surface area (Å²) in [5.41, 5.74) is 2.26. The van der Waals surface area contributed by atoms with Crippen LogP contribution in [0.25, 0.3) is 0 Å². The molecule has 9 heteroatoms. The second-order valence-corrected chi connectivity index (χ2v) is 9.07. The minimum absolute atomic E-state index is 0.0959. The lowest BCUT2D eigenvalue weighted by molar-refractivity contribution is -0.113. The first-order valence-electron chi connectivity index (χ1n) is 9.09. The summed E-state index contributed by atoms with van der Waals surface area (Å²) in [5.74, 6) is 1.37. The van der Waals surface area contributed by atoms with Crippen molar-refractivity contribution in [3.8, 4) is 0 Å². The first-order valence-corrected chi connectivity index (χ1v) is 10.9. The molecule has 0 aliphatic heterocycles. The number of thioether (sulfide) groups is 1. The quantitative estimate of drug-likeness (QED) is 0.507. The second-order valence-electron chi connectivity index (χ2n) is 6.87. The molecular weight excluding hydrogens is 392 g/mol. The van der Waals surface area contributed by atoms with Gasteiger partial charge in [0.2, 0.25) is 11.0 Å². The summed E-state index contributed by atoms with van der Waals surface area (Å²) < 4.78 is 2.52. The van der Waals surface area contributed by atoms with Crippen LogP contribution in [-0.2, 0) is 4.79 Å². The van der Waals surface area contributed by atoms with Gasteiger partial charge in [-0.05, 0) is 37.5 Å². The third kappa shape index (κ3) is 5.32.